The van der Waals surface area contributed by atoms with E-state index in [4.69, 9.17) is 0 Å². The first-order chi connectivity index (χ1) is 12.9. The Morgan fingerprint density at radius 3 is 2.52 bits per heavy atom. The number of nitrogens with zero attached hydrogens (tertiary/aromatic N) is 3. The Labute approximate surface area is 157 Å². The van der Waals surface area contributed by atoms with Crippen LogP contribution in [-0.4, -0.2) is 26.3 Å². The summed E-state index contributed by atoms with van der Waals surface area (Å²) in [5, 5.41) is 8.64. The van der Waals surface area contributed by atoms with Gasteiger partial charge in [0.25, 0.3) is 5.56 Å². The Hall–Kier alpha value is -2.89. The molecule has 0 aliphatic heterocycles. The lowest BCUT2D eigenvalue weighted by atomic mass is 10.1. The largest absolute Gasteiger partial charge is 0.352 e. The van der Waals surface area contributed by atoms with Crippen molar-refractivity contribution >= 4 is 16.7 Å². The molecule has 2 heterocycles. The number of rotatable bonds is 5. The number of hydrogen-bond donors (Lipinski definition) is 1. The van der Waals surface area contributed by atoms with Crippen molar-refractivity contribution in [3.8, 4) is 0 Å². The van der Waals surface area contributed by atoms with Crippen molar-refractivity contribution in [1.82, 2.24) is 19.7 Å². The highest BCUT2D eigenvalue weighted by molar-refractivity contribution is 5.87. The molecule has 3 aromatic rings. The lowest BCUT2D eigenvalue weighted by Gasteiger charge is -2.09. The maximum absolute atomic E-state index is 13.0. The van der Waals surface area contributed by atoms with Crippen molar-refractivity contribution in [3.05, 3.63) is 63.3 Å². The van der Waals surface area contributed by atoms with Crippen molar-refractivity contribution in [1.29, 1.82) is 0 Å². The van der Waals surface area contributed by atoms with Crippen LogP contribution in [0.2, 0.25) is 0 Å². The third-order valence-corrected chi connectivity index (χ3v) is 5.30. The van der Waals surface area contributed by atoms with Crippen molar-refractivity contribution in [2.45, 2.75) is 52.7 Å². The molecule has 0 atom stereocenters. The molecule has 2 aromatic heterocycles. The first-order valence-corrected chi connectivity index (χ1v) is 9.34. The minimum Gasteiger partial charge on any atom is -0.352 e. The predicted molar refractivity (Wildman–Crippen MR) is 105 cm³/mol. The first kappa shape index (κ1) is 17.5. The molecule has 0 bridgehead atoms. The zero-order valence-corrected chi connectivity index (χ0v) is 16.0. The van der Waals surface area contributed by atoms with Crippen LogP contribution in [0.1, 0.15) is 35.4 Å². The summed E-state index contributed by atoms with van der Waals surface area (Å²) < 4.78 is 3.41. The van der Waals surface area contributed by atoms with Crippen molar-refractivity contribution in [2.24, 2.45) is 0 Å². The average molecular weight is 364 g/mol. The second-order valence-corrected chi connectivity index (χ2v) is 7.48. The quantitative estimate of drug-likeness (QED) is 0.756. The van der Waals surface area contributed by atoms with Gasteiger partial charge in [-0.1, -0.05) is 29.8 Å². The smallest absolute Gasteiger partial charge is 0.276 e. The molecule has 1 aromatic carbocycles. The summed E-state index contributed by atoms with van der Waals surface area (Å²) in [7, 11) is 0. The highest BCUT2D eigenvalue weighted by Gasteiger charge is 2.24. The van der Waals surface area contributed by atoms with E-state index in [0.29, 0.717) is 11.9 Å². The van der Waals surface area contributed by atoms with Crippen LogP contribution in [0.15, 0.2) is 35.3 Å². The Kier molecular flexibility index (Phi) is 4.34. The Bertz CT molecular complexity index is 1070. The molecule has 1 fully saturated rings. The molecule has 1 saturated carbocycles. The van der Waals surface area contributed by atoms with E-state index in [1.54, 1.807) is 6.20 Å². The second-order valence-electron chi connectivity index (χ2n) is 7.48. The molecule has 4 rings (SSSR count). The lowest BCUT2D eigenvalue weighted by Crippen LogP contribution is -2.34. The SMILES string of the molecule is Cc1ccc(Cn2c(C)c3cnn(CC(=O)NC4CC4)c(=O)c3c2C)cc1. The third kappa shape index (κ3) is 3.39. The van der Waals surface area contributed by atoms with Gasteiger partial charge in [0.15, 0.2) is 0 Å². The fourth-order valence-electron chi connectivity index (χ4n) is 3.51. The van der Waals surface area contributed by atoms with Gasteiger partial charge >= 0.3 is 0 Å². The van der Waals surface area contributed by atoms with Gasteiger partial charge in [-0.25, -0.2) is 4.68 Å². The van der Waals surface area contributed by atoms with Crippen molar-refractivity contribution in [3.63, 3.8) is 0 Å². The summed E-state index contributed by atoms with van der Waals surface area (Å²) in [6.07, 6.45) is 3.75. The zero-order valence-electron chi connectivity index (χ0n) is 16.0. The Morgan fingerprint density at radius 1 is 1.15 bits per heavy atom. The van der Waals surface area contributed by atoms with Gasteiger partial charge in [-0.2, -0.15) is 5.10 Å². The molecule has 6 nitrogen and oxygen atoms in total. The van der Waals surface area contributed by atoms with Gasteiger partial charge in [-0.3, -0.25) is 9.59 Å². The van der Waals surface area contributed by atoms with E-state index in [0.717, 1.165) is 29.6 Å². The van der Waals surface area contributed by atoms with Gasteiger partial charge in [-0.15, -0.1) is 0 Å². The van der Waals surface area contributed by atoms with Crippen LogP contribution in [0.3, 0.4) is 0 Å². The van der Waals surface area contributed by atoms with Crippen LogP contribution in [0, 0.1) is 20.8 Å². The van der Waals surface area contributed by atoms with Crippen molar-refractivity contribution < 1.29 is 4.79 Å². The summed E-state index contributed by atoms with van der Waals surface area (Å²) in [6.45, 7) is 6.70. The van der Waals surface area contributed by atoms with E-state index in [9.17, 15) is 9.59 Å². The van der Waals surface area contributed by atoms with Gasteiger partial charge in [0.1, 0.15) is 6.54 Å². The number of carbonyl (C=O) groups excluding carboxylic acids is 1. The molecule has 1 aliphatic carbocycles. The number of carbonyl (C=O) groups is 1. The van der Waals surface area contributed by atoms with E-state index >= 15 is 0 Å². The molecule has 0 unspecified atom stereocenters. The van der Waals surface area contributed by atoms with Gasteiger partial charge in [0, 0.05) is 29.4 Å². The van der Waals surface area contributed by atoms with Crippen LogP contribution in [0.4, 0.5) is 0 Å². The third-order valence-electron chi connectivity index (χ3n) is 5.30. The minimum atomic E-state index is -0.207. The standard InChI is InChI=1S/C21H24N4O2/c1-13-4-6-16(7-5-13)11-24-14(2)18-10-22-25(21(27)20(18)15(24)3)12-19(26)23-17-8-9-17/h4-7,10,17H,8-9,11-12H2,1-3H3,(H,23,26). The summed E-state index contributed by atoms with van der Waals surface area (Å²) in [4.78, 5) is 25.0. The Morgan fingerprint density at radius 2 is 1.85 bits per heavy atom. The molecule has 0 saturated heterocycles. The van der Waals surface area contributed by atoms with E-state index in [1.165, 1.54) is 15.8 Å². The first-order valence-electron chi connectivity index (χ1n) is 9.34. The number of nitrogens with one attached hydrogen (secondary N) is 1. The number of aryl methyl sites for hydroxylation is 3. The summed E-state index contributed by atoms with van der Waals surface area (Å²) in [5.41, 5.74) is 4.13. The molecular weight excluding hydrogens is 340 g/mol. The zero-order chi connectivity index (χ0) is 19.1. The molecule has 6 heteroatoms. The normalized spacial score (nSPS) is 13.9. The maximum Gasteiger partial charge on any atom is 0.276 e. The fourth-order valence-corrected chi connectivity index (χ4v) is 3.51. The number of hydrogen-bond acceptors (Lipinski definition) is 3. The van der Waals surface area contributed by atoms with Crippen LogP contribution >= 0.6 is 0 Å². The molecule has 1 N–H and O–H groups in total. The lowest BCUT2D eigenvalue weighted by molar-refractivity contribution is -0.122. The molecule has 1 aliphatic rings. The van der Waals surface area contributed by atoms with Gasteiger partial charge in [0.05, 0.1) is 11.6 Å². The molecule has 0 spiro atoms. The summed E-state index contributed by atoms with van der Waals surface area (Å²) in [5.74, 6) is -0.153. The van der Waals surface area contributed by atoms with Gasteiger partial charge in [-0.05, 0) is 39.2 Å². The number of aromatic nitrogens is 3. The number of amides is 1. The topological polar surface area (TPSA) is 68.9 Å². The monoisotopic (exact) mass is 364 g/mol. The van der Waals surface area contributed by atoms with Crippen LogP contribution in [-0.2, 0) is 17.9 Å². The van der Waals surface area contributed by atoms with Gasteiger partial charge in [0.2, 0.25) is 5.91 Å². The van der Waals surface area contributed by atoms with Crippen LogP contribution in [0.25, 0.3) is 10.8 Å². The van der Waals surface area contributed by atoms with Gasteiger partial charge < -0.3 is 9.88 Å². The minimum absolute atomic E-state index is 0.0348. The molecule has 140 valence electrons. The fraction of sp³-hybridized carbons (Fsp3) is 0.381. The molecule has 0 radical (unpaired) electrons. The van der Waals surface area contributed by atoms with Crippen molar-refractivity contribution in [2.75, 3.05) is 0 Å². The highest BCUT2D eigenvalue weighted by atomic mass is 16.2. The van der Waals surface area contributed by atoms with E-state index in [-0.39, 0.29) is 24.1 Å². The molecule has 1 amide bonds. The average Bonchev–Trinajstić information content (AvgIpc) is 3.41. The maximum atomic E-state index is 13.0. The van der Waals surface area contributed by atoms with E-state index < -0.39 is 0 Å². The van der Waals surface area contributed by atoms with Crippen LogP contribution in [0.5, 0.6) is 0 Å². The van der Waals surface area contributed by atoms with Crippen LogP contribution < -0.4 is 10.9 Å². The Balaban J connectivity index is 1.69. The molecule has 27 heavy (non-hydrogen) atoms. The number of benzene rings is 1. The highest BCUT2D eigenvalue weighted by Crippen LogP contribution is 2.23. The summed E-state index contributed by atoms with van der Waals surface area (Å²) in [6, 6.07) is 8.68. The predicted octanol–water partition coefficient (Wildman–Crippen LogP) is 2.45. The summed E-state index contributed by atoms with van der Waals surface area (Å²) >= 11 is 0. The second kappa shape index (κ2) is 6.68. The van der Waals surface area contributed by atoms with E-state index in [1.807, 2.05) is 13.8 Å². The van der Waals surface area contributed by atoms with E-state index in [2.05, 4.69) is 46.2 Å². The molecular formula is C21H24N4O2. The number of fused-ring (bicyclic) bond motifs is 1.